The third-order valence-electron chi connectivity index (χ3n) is 6.57. The van der Waals surface area contributed by atoms with Crippen molar-refractivity contribution in [1.82, 2.24) is 5.32 Å². The maximum Gasteiger partial charge on any atom is 0.261 e. The molecule has 1 aromatic heterocycles. The molecule has 0 saturated heterocycles. The first kappa shape index (κ1) is 19.7. The van der Waals surface area contributed by atoms with E-state index in [2.05, 4.69) is 35.1 Å². The highest BCUT2D eigenvalue weighted by atomic mass is 19.1. The Balaban J connectivity index is 1.61. The number of fused-ring (bicyclic) bond motifs is 1. The molecule has 1 N–H and O–H groups in total. The summed E-state index contributed by atoms with van der Waals surface area (Å²) in [6, 6.07) is 10.4. The van der Waals surface area contributed by atoms with Crippen molar-refractivity contribution in [2.45, 2.75) is 26.3 Å². The monoisotopic (exact) mass is 441 g/mol. The minimum atomic E-state index is -0.598. The minimum Gasteiger partial charge on any atom is -0.464 e. The molecular weight excluding hydrogens is 421 g/mol. The number of carbonyl (C=O) groups is 2. The molecule has 33 heavy (non-hydrogen) atoms. The van der Waals surface area contributed by atoms with Gasteiger partial charge in [0.25, 0.3) is 11.8 Å². The smallest absolute Gasteiger partial charge is 0.261 e. The average molecular weight is 441 g/mol. The Hall–Kier alpha value is -4.00. The van der Waals surface area contributed by atoms with E-state index in [0.29, 0.717) is 22.6 Å². The number of imide groups is 1. The first-order valence-electron chi connectivity index (χ1n) is 10.9. The molecule has 3 aliphatic heterocycles. The molecule has 6 rings (SSSR count). The zero-order valence-corrected chi connectivity index (χ0v) is 18.1. The third kappa shape index (κ3) is 2.81. The van der Waals surface area contributed by atoms with Crippen LogP contribution in [-0.4, -0.2) is 23.6 Å². The van der Waals surface area contributed by atoms with Crippen molar-refractivity contribution in [2.75, 3.05) is 4.90 Å². The lowest BCUT2D eigenvalue weighted by molar-refractivity contribution is -0.123. The van der Waals surface area contributed by atoms with Crippen LogP contribution in [0.1, 0.15) is 30.5 Å². The highest BCUT2D eigenvalue weighted by Crippen LogP contribution is 2.42. The van der Waals surface area contributed by atoms with Crippen LogP contribution in [-0.2, 0) is 16.0 Å². The lowest BCUT2D eigenvalue weighted by atomic mass is 9.92. The lowest BCUT2D eigenvalue weighted by Crippen LogP contribution is -2.32. The number of hydrogen-bond donors (Lipinski definition) is 1. The molecule has 2 aromatic carbocycles. The predicted octanol–water partition coefficient (Wildman–Crippen LogP) is 4.34. The zero-order chi connectivity index (χ0) is 22.9. The van der Waals surface area contributed by atoms with E-state index in [9.17, 15) is 14.0 Å². The van der Waals surface area contributed by atoms with Gasteiger partial charge >= 0.3 is 0 Å². The van der Waals surface area contributed by atoms with Crippen LogP contribution >= 0.6 is 0 Å². The summed E-state index contributed by atoms with van der Waals surface area (Å²) in [5.41, 5.74) is 4.07. The number of aliphatic imine (C=N–C) groups is 1. The number of furan rings is 1. The molecule has 2 amide bonds. The maximum atomic E-state index is 14.4. The van der Waals surface area contributed by atoms with Gasteiger partial charge in [0.15, 0.2) is 0 Å². The summed E-state index contributed by atoms with van der Waals surface area (Å²) in [6.07, 6.45) is 5.90. The Kier molecular flexibility index (Phi) is 4.17. The molecule has 3 aliphatic rings. The number of para-hydroxylation sites is 1. The molecular formula is C26H20FN3O3. The van der Waals surface area contributed by atoms with E-state index in [-0.39, 0.29) is 22.8 Å². The van der Waals surface area contributed by atoms with Gasteiger partial charge in [0.05, 0.1) is 28.8 Å². The van der Waals surface area contributed by atoms with E-state index in [1.165, 1.54) is 18.4 Å². The van der Waals surface area contributed by atoms with Gasteiger partial charge in [0.2, 0.25) is 0 Å². The van der Waals surface area contributed by atoms with E-state index < -0.39 is 17.6 Å². The second kappa shape index (κ2) is 7.00. The molecule has 0 spiro atoms. The molecule has 0 bridgehead atoms. The standard InChI is InChI=1S/C26H20FN3O3/c1-13(2)19-11-14-4-3-5-17-22(28-7-8-30(19)23(14)17)21-20(25(31)29-26(21)32)18-12-16(27)10-15-6-9-33-24(15)18/h3-10,12-13,19H,11H2,1-2H3,(H,29,31,32). The number of anilines is 1. The van der Waals surface area contributed by atoms with Crippen molar-refractivity contribution >= 4 is 39.8 Å². The summed E-state index contributed by atoms with van der Waals surface area (Å²) < 4.78 is 20.0. The Morgan fingerprint density at radius 2 is 1.94 bits per heavy atom. The van der Waals surface area contributed by atoms with Gasteiger partial charge in [-0.05, 0) is 36.1 Å². The third-order valence-corrected chi connectivity index (χ3v) is 6.57. The van der Waals surface area contributed by atoms with Crippen molar-refractivity contribution in [1.29, 1.82) is 0 Å². The lowest BCUT2D eigenvalue weighted by Gasteiger charge is -2.27. The second-order valence-electron chi connectivity index (χ2n) is 8.84. The van der Waals surface area contributed by atoms with Gasteiger partial charge in [0.1, 0.15) is 11.4 Å². The molecule has 3 aromatic rings. The summed E-state index contributed by atoms with van der Waals surface area (Å²) in [4.78, 5) is 32.8. The van der Waals surface area contributed by atoms with Gasteiger partial charge in [-0.3, -0.25) is 19.9 Å². The number of hydrogen-bond acceptors (Lipinski definition) is 5. The Morgan fingerprint density at radius 3 is 2.76 bits per heavy atom. The number of carbonyl (C=O) groups excluding carboxylic acids is 2. The van der Waals surface area contributed by atoms with Gasteiger partial charge in [0, 0.05) is 35.0 Å². The Labute approximate surface area is 189 Å². The van der Waals surface area contributed by atoms with Crippen LogP contribution in [0.25, 0.3) is 16.5 Å². The summed E-state index contributed by atoms with van der Waals surface area (Å²) in [5.74, 6) is -1.27. The van der Waals surface area contributed by atoms with Crippen LogP contribution in [0.15, 0.2) is 70.0 Å². The Morgan fingerprint density at radius 1 is 1.12 bits per heavy atom. The molecule has 0 aliphatic carbocycles. The van der Waals surface area contributed by atoms with Gasteiger partial charge < -0.3 is 9.32 Å². The topological polar surface area (TPSA) is 74.9 Å². The summed E-state index contributed by atoms with van der Waals surface area (Å²) >= 11 is 0. The van der Waals surface area contributed by atoms with Gasteiger partial charge in [-0.15, -0.1) is 0 Å². The first-order valence-corrected chi connectivity index (χ1v) is 10.9. The fourth-order valence-corrected chi connectivity index (χ4v) is 5.10. The van der Waals surface area contributed by atoms with Crippen molar-refractivity contribution in [2.24, 2.45) is 10.9 Å². The van der Waals surface area contributed by atoms with Crippen molar-refractivity contribution < 1.29 is 18.4 Å². The first-order chi connectivity index (χ1) is 15.9. The molecule has 4 heterocycles. The van der Waals surface area contributed by atoms with Gasteiger partial charge in [-0.25, -0.2) is 4.39 Å². The second-order valence-corrected chi connectivity index (χ2v) is 8.84. The SMILES string of the molecule is CC(C)C1Cc2cccc3c2N1C=CN=C3C1=C(c2cc(F)cc3ccoc23)C(=O)NC1=O. The van der Waals surface area contributed by atoms with E-state index in [0.717, 1.165) is 23.2 Å². The number of rotatable bonds is 3. The molecule has 7 heteroatoms. The largest absolute Gasteiger partial charge is 0.464 e. The van der Waals surface area contributed by atoms with Crippen LogP contribution in [0, 0.1) is 11.7 Å². The zero-order valence-electron chi connectivity index (χ0n) is 18.1. The van der Waals surface area contributed by atoms with E-state index in [1.54, 1.807) is 12.3 Å². The molecule has 6 nitrogen and oxygen atoms in total. The van der Waals surface area contributed by atoms with Crippen LogP contribution in [0.5, 0.6) is 0 Å². The molecule has 0 fully saturated rings. The number of benzene rings is 2. The molecule has 1 atom stereocenters. The average Bonchev–Trinajstić information content (AvgIpc) is 3.42. The fourth-order valence-electron chi connectivity index (χ4n) is 5.10. The number of nitrogens with zero attached hydrogens (tertiary/aromatic N) is 2. The van der Waals surface area contributed by atoms with Crippen molar-refractivity contribution in [3.63, 3.8) is 0 Å². The van der Waals surface area contributed by atoms with Crippen LogP contribution in [0.3, 0.4) is 0 Å². The van der Waals surface area contributed by atoms with E-state index >= 15 is 0 Å². The molecule has 0 radical (unpaired) electrons. The van der Waals surface area contributed by atoms with Crippen LogP contribution in [0.2, 0.25) is 0 Å². The van der Waals surface area contributed by atoms with E-state index in [4.69, 9.17) is 4.42 Å². The normalized spacial score (nSPS) is 19.5. The fraction of sp³-hybridized carbons (Fsp3) is 0.192. The minimum absolute atomic E-state index is 0.0658. The van der Waals surface area contributed by atoms with Crippen LogP contribution < -0.4 is 10.2 Å². The predicted molar refractivity (Wildman–Crippen MR) is 123 cm³/mol. The highest BCUT2D eigenvalue weighted by Gasteiger charge is 2.40. The Bertz CT molecular complexity index is 1460. The quantitative estimate of drug-likeness (QED) is 0.614. The molecule has 1 unspecified atom stereocenters. The molecule has 164 valence electrons. The highest BCUT2D eigenvalue weighted by molar-refractivity contribution is 6.48. The van der Waals surface area contributed by atoms with Crippen LogP contribution in [0.4, 0.5) is 10.1 Å². The molecule has 0 saturated carbocycles. The van der Waals surface area contributed by atoms with Crippen molar-refractivity contribution in [3.05, 3.63) is 83.1 Å². The van der Waals surface area contributed by atoms with Gasteiger partial charge in [-0.1, -0.05) is 32.0 Å². The van der Waals surface area contributed by atoms with Gasteiger partial charge in [-0.2, -0.15) is 0 Å². The number of halogens is 1. The maximum absolute atomic E-state index is 14.4. The summed E-state index contributed by atoms with van der Waals surface area (Å²) in [7, 11) is 0. The van der Waals surface area contributed by atoms with E-state index in [1.807, 2.05) is 18.3 Å². The summed E-state index contributed by atoms with van der Waals surface area (Å²) in [6.45, 7) is 4.36. The summed E-state index contributed by atoms with van der Waals surface area (Å²) in [5, 5.41) is 2.89. The number of nitrogens with one attached hydrogen (secondary N) is 1. The van der Waals surface area contributed by atoms with Crippen molar-refractivity contribution in [3.8, 4) is 0 Å². The number of amides is 2.